The van der Waals surface area contributed by atoms with Crippen LogP contribution in [0.4, 0.5) is 0 Å². The summed E-state index contributed by atoms with van der Waals surface area (Å²) < 4.78 is 15.3. The van der Waals surface area contributed by atoms with E-state index in [2.05, 4.69) is 10.3 Å². The number of aromatic amines is 1. The molecule has 2 aromatic carbocycles. The predicted octanol–water partition coefficient (Wildman–Crippen LogP) is 2.78. The van der Waals surface area contributed by atoms with E-state index in [4.69, 9.17) is 14.2 Å². The van der Waals surface area contributed by atoms with E-state index in [-0.39, 0.29) is 17.2 Å². The lowest BCUT2D eigenvalue weighted by molar-refractivity contribution is -0.118. The van der Waals surface area contributed by atoms with Crippen LogP contribution in [-0.4, -0.2) is 50.5 Å². The lowest BCUT2D eigenvalue weighted by atomic mass is 10.1. The van der Waals surface area contributed by atoms with Gasteiger partial charge >= 0.3 is 5.97 Å². The van der Waals surface area contributed by atoms with Gasteiger partial charge < -0.3 is 24.5 Å². The fourth-order valence-corrected chi connectivity index (χ4v) is 4.06. The second kappa shape index (κ2) is 10.7. The summed E-state index contributed by atoms with van der Waals surface area (Å²) in [6, 6.07) is 12.5. The van der Waals surface area contributed by atoms with Crippen LogP contribution < -0.4 is 20.2 Å². The number of amides is 1. The molecule has 8 nitrogen and oxygen atoms in total. The minimum atomic E-state index is -0.742. The number of carbonyl (C=O) groups is 2. The van der Waals surface area contributed by atoms with Crippen LogP contribution in [0.3, 0.4) is 0 Å². The zero-order chi connectivity index (χ0) is 23.1. The molecule has 0 atom stereocenters. The van der Waals surface area contributed by atoms with Gasteiger partial charge in [0.25, 0.3) is 0 Å². The van der Waals surface area contributed by atoms with Crippen molar-refractivity contribution in [3.05, 3.63) is 63.8 Å². The maximum atomic E-state index is 12.8. The van der Waals surface area contributed by atoms with Crippen molar-refractivity contribution >= 4 is 34.5 Å². The first kappa shape index (κ1) is 23.2. The number of hydrogen-bond donors (Lipinski definition) is 2. The van der Waals surface area contributed by atoms with E-state index in [1.54, 1.807) is 38.5 Å². The van der Waals surface area contributed by atoms with Gasteiger partial charge in [-0.2, -0.15) is 0 Å². The van der Waals surface area contributed by atoms with Crippen molar-refractivity contribution in [3.8, 4) is 11.5 Å². The number of hydrogen-bond acceptors (Lipinski definition) is 7. The smallest absolute Gasteiger partial charge is 0.344 e. The minimum Gasteiger partial charge on any atom is -0.493 e. The monoisotopic (exact) mass is 456 g/mol. The highest BCUT2D eigenvalue weighted by Gasteiger charge is 2.20. The number of aromatic nitrogens is 1. The first-order chi connectivity index (χ1) is 15.5. The zero-order valence-corrected chi connectivity index (χ0v) is 18.8. The van der Waals surface area contributed by atoms with E-state index in [1.807, 2.05) is 18.2 Å². The van der Waals surface area contributed by atoms with Crippen LogP contribution in [0.5, 0.6) is 11.5 Å². The number of H-pyrrole nitrogens is 1. The second-order valence-electron chi connectivity index (χ2n) is 6.77. The molecule has 0 saturated carbocycles. The average molecular weight is 457 g/mol. The number of ether oxygens (including phenoxy) is 3. The van der Waals surface area contributed by atoms with E-state index in [1.165, 1.54) is 7.11 Å². The molecule has 0 spiro atoms. The topological polar surface area (TPSA) is 107 Å². The maximum absolute atomic E-state index is 12.8. The first-order valence-electron chi connectivity index (χ1n) is 9.82. The Morgan fingerprint density at radius 3 is 2.50 bits per heavy atom. The number of methoxy groups -OCH3 is 3. The normalized spacial score (nSPS) is 10.6. The summed E-state index contributed by atoms with van der Waals surface area (Å²) in [6.45, 7) is 0.424. The van der Waals surface area contributed by atoms with Crippen LogP contribution >= 0.6 is 11.8 Å². The Labute approximate surface area is 189 Å². The van der Waals surface area contributed by atoms with Crippen molar-refractivity contribution in [2.24, 2.45) is 0 Å². The fourth-order valence-electron chi connectivity index (χ4n) is 3.18. The third-order valence-corrected chi connectivity index (χ3v) is 5.80. The van der Waals surface area contributed by atoms with Crippen molar-refractivity contribution in [2.75, 3.05) is 33.6 Å². The standard InChI is InChI=1S/C23H24N2O6S/c1-29-17-9-8-14(12-18(17)30-2)10-11-24-19(26)13-32-22-20(23(28)31-3)21(27)15-6-4-5-7-16(15)25-22/h4-9,12H,10-11,13H2,1-3H3,(H,24,26)(H,25,27). The summed E-state index contributed by atoms with van der Waals surface area (Å²) in [5.41, 5.74) is 1.04. The molecule has 1 aromatic heterocycles. The average Bonchev–Trinajstić information content (AvgIpc) is 2.82. The van der Waals surface area contributed by atoms with Gasteiger partial charge in [0.05, 0.1) is 37.6 Å². The Bertz CT molecular complexity index is 1190. The molecule has 3 aromatic rings. The van der Waals surface area contributed by atoms with Gasteiger partial charge in [-0.1, -0.05) is 30.0 Å². The van der Waals surface area contributed by atoms with Gasteiger partial charge in [0.2, 0.25) is 11.3 Å². The Kier molecular flexibility index (Phi) is 7.77. The van der Waals surface area contributed by atoms with Crippen molar-refractivity contribution in [3.63, 3.8) is 0 Å². The number of nitrogens with one attached hydrogen (secondary N) is 2. The van der Waals surface area contributed by atoms with Crippen molar-refractivity contribution in [2.45, 2.75) is 11.4 Å². The van der Waals surface area contributed by atoms with Gasteiger partial charge in [-0.15, -0.1) is 0 Å². The van der Waals surface area contributed by atoms with E-state index in [0.717, 1.165) is 17.3 Å². The van der Waals surface area contributed by atoms with Gasteiger partial charge in [0.15, 0.2) is 11.5 Å². The van der Waals surface area contributed by atoms with Crippen LogP contribution in [0.2, 0.25) is 0 Å². The lowest BCUT2D eigenvalue weighted by Crippen LogP contribution is -2.27. The van der Waals surface area contributed by atoms with Crippen molar-refractivity contribution < 1.29 is 23.8 Å². The number of fused-ring (bicyclic) bond motifs is 1. The molecule has 0 bridgehead atoms. The predicted molar refractivity (Wildman–Crippen MR) is 123 cm³/mol. The van der Waals surface area contributed by atoms with Crippen LogP contribution in [0.1, 0.15) is 15.9 Å². The Hall–Kier alpha value is -3.46. The van der Waals surface area contributed by atoms with Crippen LogP contribution in [0.15, 0.2) is 52.3 Å². The van der Waals surface area contributed by atoms with E-state index in [0.29, 0.717) is 40.4 Å². The molecule has 0 saturated heterocycles. The van der Waals surface area contributed by atoms with Crippen LogP contribution in [0, 0.1) is 0 Å². The molecule has 32 heavy (non-hydrogen) atoms. The maximum Gasteiger partial charge on any atom is 0.344 e. The Balaban J connectivity index is 1.65. The van der Waals surface area contributed by atoms with Crippen LogP contribution in [0.25, 0.3) is 10.9 Å². The number of pyridine rings is 1. The fraction of sp³-hybridized carbons (Fsp3) is 0.261. The van der Waals surface area contributed by atoms with Crippen LogP contribution in [-0.2, 0) is 16.0 Å². The van der Waals surface area contributed by atoms with E-state index >= 15 is 0 Å². The molecule has 0 fully saturated rings. The third-order valence-electron chi connectivity index (χ3n) is 4.79. The molecule has 3 rings (SSSR count). The summed E-state index contributed by atoms with van der Waals surface area (Å²) in [7, 11) is 4.36. The summed E-state index contributed by atoms with van der Waals surface area (Å²) in [4.78, 5) is 40.4. The molecule has 168 valence electrons. The third kappa shape index (κ3) is 5.23. The van der Waals surface area contributed by atoms with Crippen molar-refractivity contribution in [1.29, 1.82) is 0 Å². The largest absolute Gasteiger partial charge is 0.493 e. The summed E-state index contributed by atoms with van der Waals surface area (Å²) in [5.74, 6) is 0.336. The summed E-state index contributed by atoms with van der Waals surface area (Å²) in [5, 5.41) is 3.53. The highest BCUT2D eigenvalue weighted by atomic mass is 32.2. The highest BCUT2D eigenvalue weighted by molar-refractivity contribution is 8.00. The van der Waals surface area contributed by atoms with Crippen molar-refractivity contribution in [1.82, 2.24) is 10.3 Å². The number of thioether (sulfide) groups is 1. The van der Waals surface area contributed by atoms with E-state index < -0.39 is 11.4 Å². The molecule has 1 heterocycles. The van der Waals surface area contributed by atoms with E-state index in [9.17, 15) is 14.4 Å². The summed E-state index contributed by atoms with van der Waals surface area (Å²) in [6.07, 6.45) is 0.608. The van der Waals surface area contributed by atoms with Gasteiger partial charge in [0, 0.05) is 11.9 Å². The molecule has 0 aliphatic heterocycles. The number of rotatable bonds is 9. The molecule has 0 radical (unpaired) electrons. The Morgan fingerprint density at radius 2 is 1.78 bits per heavy atom. The number of benzene rings is 2. The molecule has 0 unspecified atom stereocenters. The number of carbonyl (C=O) groups excluding carboxylic acids is 2. The van der Waals surface area contributed by atoms with Gasteiger partial charge in [-0.25, -0.2) is 4.79 Å². The lowest BCUT2D eigenvalue weighted by Gasteiger charge is -2.11. The number of para-hydroxylation sites is 1. The minimum absolute atomic E-state index is 0.0320. The molecular formula is C23H24N2O6S. The molecule has 2 N–H and O–H groups in total. The molecule has 1 amide bonds. The van der Waals surface area contributed by atoms with Gasteiger partial charge in [-0.3, -0.25) is 9.59 Å². The molecule has 0 aliphatic carbocycles. The number of esters is 1. The second-order valence-corrected chi connectivity index (χ2v) is 7.76. The molecular weight excluding hydrogens is 432 g/mol. The Morgan fingerprint density at radius 1 is 1.03 bits per heavy atom. The highest BCUT2D eigenvalue weighted by Crippen LogP contribution is 2.27. The zero-order valence-electron chi connectivity index (χ0n) is 18.0. The summed E-state index contributed by atoms with van der Waals surface area (Å²) >= 11 is 1.08. The van der Waals surface area contributed by atoms with Gasteiger partial charge in [-0.05, 0) is 36.2 Å². The SMILES string of the molecule is COC(=O)c1c(SCC(=O)NCCc2ccc(OC)c(OC)c2)[nH]c2ccccc2c1=O. The molecule has 9 heteroatoms. The van der Waals surface area contributed by atoms with Gasteiger partial charge in [0.1, 0.15) is 5.56 Å². The quantitative estimate of drug-likeness (QED) is 0.377. The molecule has 0 aliphatic rings. The first-order valence-corrected chi connectivity index (χ1v) is 10.8.